The number of nitrogens with one attached hydrogen (secondary N) is 3. The molecular formula is C14H18BrN3O2. The fourth-order valence-electron chi connectivity index (χ4n) is 1.68. The molecule has 0 saturated heterocycles. The second kappa shape index (κ2) is 7.28. The Hall–Kier alpha value is -1.56. The van der Waals surface area contributed by atoms with E-state index in [1.807, 2.05) is 12.1 Å². The van der Waals surface area contributed by atoms with Crippen LogP contribution in [0.25, 0.3) is 0 Å². The number of amides is 3. The van der Waals surface area contributed by atoms with Crippen LogP contribution < -0.4 is 16.0 Å². The first-order valence-corrected chi connectivity index (χ1v) is 7.50. The zero-order chi connectivity index (χ0) is 14.4. The van der Waals surface area contributed by atoms with Crippen LogP contribution >= 0.6 is 15.9 Å². The van der Waals surface area contributed by atoms with Crippen LogP contribution in [0.15, 0.2) is 28.7 Å². The number of benzene rings is 1. The van der Waals surface area contributed by atoms with Crippen LogP contribution in [-0.2, 0) is 0 Å². The fraction of sp³-hybridized carbons (Fsp3) is 0.429. The van der Waals surface area contributed by atoms with Gasteiger partial charge in [-0.3, -0.25) is 4.79 Å². The molecule has 3 N–H and O–H groups in total. The summed E-state index contributed by atoms with van der Waals surface area (Å²) in [6.07, 6.45) is 2.42. The number of rotatable bonds is 6. The van der Waals surface area contributed by atoms with Gasteiger partial charge in [-0.05, 0) is 43.0 Å². The third-order valence-electron chi connectivity index (χ3n) is 3.05. The highest BCUT2D eigenvalue weighted by Crippen LogP contribution is 2.27. The van der Waals surface area contributed by atoms with Crippen molar-refractivity contribution in [3.05, 3.63) is 34.3 Å². The van der Waals surface area contributed by atoms with E-state index in [1.165, 1.54) is 12.8 Å². The predicted octanol–water partition coefficient (Wildman–Crippen LogP) is 1.89. The number of urea groups is 1. The molecule has 1 aliphatic rings. The molecule has 20 heavy (non-hydrogen) atoms. The van der Waals surface area contributed by atoms with Crippen molar-refractivity contribution in [1.82, 2.24) is 16.0 Å². The minimum atomic E-state index is -0.171. The molecule has 6 heteroatoms. The lowest BCUT2D eigenvalue weighted by molar-refractivity contribution is 0.0954. The van der Waals surface area contributed by atoms with E-state index in [0.717, 1.165) is 11.0 Å². The van der Waals surface area contributed by atoms with Crippen LogP contribution in [0, 0.1) is 5.92 Å². The van der Waals surface area contributed by atoms with Crippen molar-refractivity contribution in [3.8, 4) is 0 Å². The minimum absolute atomic E-state index is 0.141. The van der Waals surface area contributed by atoms with E-state index < -0.39 is 0 Å². The molecule has 0 aliphatic heterocycles. The summed E-state index contributed by atoms with van der Waals surface area (Å²) in [6, 6.07) is 6.95. The van der Waals surface area contributed by atoms with Gasteiger partial charge in [-0.25, -0.2) is 4.79 Å². The standard InChI is InChI=1S/C14H18BrN3O2/c15-12-5-3-11(4-6-12)13(19)16-7-8-17-14(20)18-9-10-1-2-10/h3-6,10H,1-2,7-9H2,(H,16,19)(H2,17,18,20). The summed E-state index contributed by atoms with van der Waals surface area (Å²) >= 11 is 3.32. The van der Waals surface area contributed by atoms with Crippen molar-refractivity contribution in [1.29, 1.82) is 0 Å². The molecule has 1 fully saturated rings. The molecule has 1 saturated carbocycles. The lowest BCUT2D eigenvalue weighted by Crippen LogP contribution is -2.40. The molecule has 0 bridgehead atoms. The Bertz CT molecular complexity index is 472. The summed E-state index contributed by atoms with van der Waals surface area (Å²) in [5.74, 6) is 0.524. The van der Waals surface area contributed by atoms with Crippen LogP contribution in [0.4, 0.5) is 4.79 Å². The van der Waals surface area contributed by atoms with Crippen molar-refractivity contribution in [2.45, 2.75) is 12.8 Å². The highest BCUT2D eigenvalue weighted by atomic mass is 79.9. The average molecular weight is 340 g/mol. The van der Waals surface area contributed by atoms with E-state index in [0.29, 0.717) is 24.6 Å². The van der Waals surface area contributed by atoms with Crippen molar-refractivity contribution in [3.63, 3.8) is 0 Å². The van der Waals surface area contributed by atoms with Gasteiger partial charge in [0.2, 0.25) is 0 Å². The third-order valence-corrected chi connectivity index (χ3v) is 3.58. The maximum absolute atomic E-state index is 11.8. The van der Waals surface area contributed by atoms with Crippen LogP contribution in [0.1, 0.15) is 23.2 Å². The first-order valence-electron chi connectivity index (χ1n) is 6.70. The van der Waals surface area contributed by atoms with Gasteiger partial charge in [0, 0.05) is 29.7 Å². The second-order valence-electron chi connectivity index (χ2n) is 4.84. The molecule has 0 spiro atoms. The number of halogens is 1. The number of hydrogen-bond donors (Lipinski definition) is 3. The Morgan fingerprint density at radius 3 is 2.35 bits per heavy atom. The Morgan fingerprint density at radius 2 is 1.70 bits per heavy atom. The van der Waals surface area contributed by atoms with Gasteiger partial charge in [-0.2, -0.15) is 0 Å². The van der Waals surface area contributed by atoms with Gasteiger partial charge < -0.3 is 16.0 Å². The first kappa shape index (κ1) is 14.8. The van der Waals surface area contributed by atoms with E-state index in [4.69, 9.17) is 0 Å². The summed E-state index contributed by atoms with van der Waals surface area (Å²) in [7, 11) is 0. The zero-order valence-corrected chi connectivity index (χ0v) is 12.7. The molecule has 0 atom stereocenters. The predicted molar refractivity (Wildman–Crippen MR) is 80.6 cm³/mol. The molecule has 2 rings (SSSR count). The van der Waals surface area contributed by atoms with Crippen molar-refractivity contribution in [2.24, 2.45) is 5.92 Å². The molecule has 0 radical (unpaired) electrons. The third kappa shape index (κ3) is 5.21. The Kier molecular flexibility index (Phi) is 5.40. The molecule has 3 amide bonds. The SMILES string of the molecule is O=C(NCCNC(=O)c1ccc(Br)cc1)NCC1CC1. The summed E-state index contributed by atoms with van der Waals surface area (Å²) in [4.78, 5) is 23.2. The summed E-state index contributed by atoms with van der Waals surface area (Å²) in [6.45, 7) is 1.57. The normalized spacial score (nSPS) is 13.7. The van der Waals surface area contributed by atoms with Crippen LogP contribution in [0.3, 0.4) is 0 Å². The smallest absolute Gasteiger partial charge is 0.314 e. The number of carbonyl (C=O) groups excluding carboxylic acids is 2. The van der Waals surface area contributed by atoms with E-state index in [-0.39, 0.29) is 11.9 Å². The van der Waals surface area contributed by atoms with E-state index >= 15 is 0 Å². The molecule has 0 heterocycles. The van der Waals surface area contributed by atoms with Gasteiger partial charge in [-0.15, -0.1) is 0 Å². The largest absolute Gasteiger partial charge is 0.350 e. The molecule has 0 unspecified atom stereocenters. The lowest BCUT2D eigenvalue weighted by Gasteiger charge is -2.08. The Morgan fingerprint density at radius 1 is 1.05 bits per heavy atom. The quantitative estimate of drug-likeness (QED) is 0.692. The highest BCUT2D eigenvalue weighted by Gasteiger charge is 2.21. The summed E-state index contributed by atoms with van der Waals surface area (Å²) < 4.78 is 0.933. The van der Waals surface area contributed by atoms with Crippen molar-refractivity contribution >= 4 is 27.9 Å². The van der Waals surface area contributed by atoms with Gasteiger partial charge >= 0.3 is 6.03 Å². The molecule has 1 aliphatic carbocycles. The average Bonchev–Trinajstić information content (AvgIpc) is 3.26. The minimum Gasteiger partial charge on any atom is -0.350 e. The van der Waals surface area contributed by atoms with Crippen LogP contribution in [-0.4, -0.2) is 31.6 Å². The number of hydrogen-bond acceptors (Lipinski definition) is 2. The van der Waals surface area contributed by atoms with Gasteiger partial charge in [0.25, 0.3) is 5.91 Å². The van der Waals surface area contributed by atoms with Gasteiger partial charge in [0.15, 0.2) is 0 Å². The van der Waals surface area contributed by atoms with Gasteiger partial charge in [0.05, 0.1) is 0 Å². The Balaban J connectivity index is 1.58. The first-order chi connectivity index (χ1) is 9.65. The fourth-order valence-corrected chi connectivity index (χ4v) is 1.94. The van der Waals surface area contributed by atoms with Crippen molar-refractivity contribution in [2.75, 3.05) is 19.6 Å². The lowest BCUT2D eigenvalue weighted by atomic mass is 10.2. The summed E-state index contributed by atoms with van der Waals surface area (Å²) in [5.41, 5.74) is 0.603. The van der Waals surface area contributed by atoms with Gasteiger partial charge in [-0.1, -0.05) is 15.9 Å². The Labute approximate surface area is 126 Å². The molecule has 1 aromatic rings. The van der Waals surface area contributed by atoms with Gasteiger partial charge in [0.1, 0.15) is 0 Å². The molecule has 5 nitrogen and oxygen atoms in total. The summed E-state index contributed by atoms with van der Waals surface area (Å²) in [5, 5.41) is 8.27. The molecule has 0 aromatic heterocycles. The molecule has 1 aromatic carbocycles. The monoisotopic (exact) mass is 339 g/mol. The van der Waals surface area contributed by atoms with Crippen LogP contribution in [0.2, 0.25) is 0 Å². The van der Waals surface area contributed by atoms with E-state index in [1.54, 1.807) is 12.1 Å². The molecular weight excluding hydrogens is 322 g/mol. The highest BCUT2D eigenvalue weighted by molar-refractivity contribution is 9.10. The second-order valence-corrected chi connectivity index (χ2v) is 5.76. The van der Waals surface area contributed by atoms with E-state index in [2.05, 4.69) is 31.9 Å². The maximum atomic E-state index is 11.8. The van der Waals surface area contributed by atoms with E-state index in [9.17, 15) is 9.59 Å². The van der Waals surface area contributed by atoms with Crippen molar-refractivity contribution < 1.29 is 9.59 Å². The number of carbonyl (C=O) groups is 2. The molecule has 108 valence electrons. The maximum Gasteiger partial charge on any atom is 0.314 e. The van der Waals surface area contributed by atoms with Crippen LogP contribution in [0.5, 0.6) is 0 Å². The topological polar surface area (TPSA) is 70.2 Å². The zero-order valence-electron chi connectivity index (χ0n) is 11.1.